The van der Waals surface area contributed by atoms with Crippen LogP contribution >= 0.6 is 11.3 Å². The summed E-state index contributed by atoms with van der Waals surface area (Å²) in [6.45, 7) is 3.93. The molecule has 9 nitrogen and oxygen atoms in total. The largest absolute Gasteiger partial charge is 0.493 e. The van der Waals surface area contributed by atoms with E-state index in [4.69, 9.17) is 23.7 Å². The second-order valence-corrected chi connectivity index (χ2v) is 8.98. The van der Waals surface area contributed by atoms with Crippen LogP contribution in [0.15, 0.2) is 30.3 Å². The summed E-state index contributed by atoms with van der Waals surface area (Å²) in [5, 5.41) is 7.16. The normalized spacial score (nSPS) is 14.3. The van der Waals surface area contributed by atoms with E-state index in [2.05, 4.69) is 10.6 Å². The number of carbonyl (C=O) groups is 2. The number of rotatable bonds is 7. The summed E-state index contributed by atoms with van der Waals surface area (Å²) >= 11 is 1.54. The van der Waals surface area contributed by atoms with Crippen molar-refractivity contribution in [1.29, 1.82) is 0 Å². The smallest absolute Gasteiger partial charge is 0.343 e. The van der Waals surface area contributed by atoms with E-state index in [9.17, 15) is 9.59 Å². The number of aryl methyl sites for hydroxylation is 1. The lowest BCUT2D eigenvalue weighted by molar-refractivity contribution is 0.0728. The van der Waals surface area contributed by atoms with Gasteiger partial charge >= 0.3 is 5.97 Å². The fourth-order valence-corrected chi connectivity index (χ4v) is 4.93. The van der Waals surface area contributed by atoms with E-state index in [1.807, 2.05) is 13.8 Å². The van der Waals surface area contributed by atoms with E-state index >= 15 is 0 Å². The average Bonchev–Trinajstić information content (AvgIpc) is 3.16. The number of amides is 1. The summed E-state index contributed by atoms with van der Waals surface area (Å²) in [7, 11) is 5.89. The minimum Gasteiger partial charge on any atom is -0.493 e. The van der Waals surface area contributed by atoms with Crippen molar-refractivity contribution >= 4 is 28.2 Å². The lowest BCUT2D eigenvalue weighted by atomic mass is 10.1. The maximum Gasteiger partial charge on any atom is 0.343 e. The van der Waals surface area contributed by atoms with Gasteiger partial charge in [-0.2, -0.15) is 0 Å². The molecule has 1 aromatic heterocycles. The van der Waals surface area contributed by atoms with Crippen molar-refractivity contribution in [2.24, 2.45) is 0 Å². The van der Waals surface area contributed by atoms with Gasteiger partial charge in [0.1, 0.15) is 11.2 Å². The van der Waals surface area contributed by atoms with Gasteiger partial charge in [-0.1, -0.05) is 6.07 Å². The highest BCUT2D eigenvalue weighted by molar-refractivity contribution is 7.16. The fourth-order valence-electron chi connectivity index (χ4n) is 3.84. The molecule has 1 aliphatic heterocycles. The minimum atomic E-state index is -0.631. The summed E-state index contributed by atoms with van der Waals surface area (Å²) < 4.78 is 27.0. The Kier molecular flexibility index (Phi) is 6.74. The Balaban J connectivity index is 1.59. The third-order valence-corrected chi connectivity index (χ3v) is 6.93. The summed E-state index contributed by atoms with van der Waals surface area (Å²) in [6, 6.07) is 8.12. The zero-order chi connectivity index (χ0) is 25.3. The standard InChI is InChI=1S/C25H26N2O7S/c1-12-13(2)35-24-20(12)23(28)26-22(27-24)14-7-8-16(17(9-14)30-3)34-25(29)15-10-18(31-4)21(33-6)19(11-15)32-5/h7-11,22,27H,1-6H3,(H,26,28)/t22-/m1/s1. The molecule has 1 atom stereocenters. The zero-order valence-electron chi connectivity index (χ0n) is 20.2. The Bertz CT molecular complexity index is 1280. The minimum absolute atomic E-state index is 0.137. The zero-order valence-corrected chi connectivity index (χ0v) is 21.0. The van der Waals surface area contributed by atoms with Crippen LogP contribution < -0.4 is 34.3 Å². The number of esters is 1. The van der Waals surface area contributed by atoms with Gasteiger partial charge in [0.2, 0.25) is 5.75 Å². The lowest BCUT2D eigenvalue weighted by Crippen LogP contribution is -2.38. The molecule has 0 aliphatic carbocycles. The van der Waals surface area contributed by atoms with Crippen LogP contribution in [0.2, 0.25) is 0 Å². The number of anilines is 1. The van der Waals surface area contributed by atoms with Crippen LogP contribution in [-0.4, -0.2) is 40.3 Å². The van der Waals surface area contributed by atoms with Gasteiger partial charge in [0.15, 0.2) is 23.0 Å². The molecule has 0 saturated heterocycles. The number of fused-ring (bicyclic) bond motifs is 1. The third kappa shape index (κ3) is 4.44. The molecular formula is C25H26N2O7S. The highest BCUT2D eigenvalue weighted by Crippen LogP contribution is 2.40. The molecule has 0 radical (unpaired) electrons. The van der Waals surface area contributed by atoms with Crippen molar-refractivity contribution in [3.05, 3.63) is 57.5 Å². The molecule has 0 spiro atoms. The van der Waals surface area contributed by atoms with Crippen molar-refractivity contribution in [3.63, 3.8) is 0 Å². The molecule has 2 N–H and O–H groups in total. The molecule has 3 aromatic rings. The number of hydrogen-bond acceptors (Lipinski definition) is 9. The van der Waals surface area contributed by atoms with Gasteiger partial charge in [-0.15, -0.1) is 11.3 Å². The molecule has 0 saturated carbocycles. The Labute approximate surface area is 206 Å². The van der Waals surface area contributed by atoms with Crippen molar-refractivity contribution in [2.45, 2.75) is 20.0 Å². The van der Waals surface area contributed by atoms with Crippen molar-refractivity contribution in [1.82, 2.24) is 5.32 Å². The molecule has 0 unspecified atom stereocenters. The second-order valence-electron chi connectivity index (χ2n) is 7.75. The molecule has 2 aromatic carbocycles. The molecule has 4 rings (SSSR count). The molecule has 10 heteroatoms. The number of thiophene rings is 1. The highest BCUT2D eigenvalue weighted by atomic mass is 32.1. The first-order valence-electron chi connectivity index (χ1n) is 10.7. The summed E-state index contributed by atoms with van der Waals surface area (Å²) in [4.78, 5) is 26.7. The lowest BCUT2D eigenvalue weighted by Gasteiger charge is -2.27. The van der Waals surface area contributed by atoms with Crippen LogP contribution in [0.3, 0.4) is 0 Å². The summed E-state index contributed by atoms with van der Waals surface area (Å²) in [6.07, 6.45) is -0.457. The molecule has 35 heavy (non-hydrogen) atoms. The Morgan fingerprint density at radius 3 is 2.11 bits per heavy atom. The quantitative estimate of drug-likeness (QED) is 0.363. The first kappa shape index (κ1) is 24.2. The van der Waals surface area contributed by atoms with Crippen LogP contribution in [-0.2, 0) is 0 Å². The van der Waals surface area contributed by atoms with Gasteiger partial charge in [-0.05, 0) is 49.2 Å². The fraction of sp³-hybridized carbons (Fsp3) is 0.280. The van der Waals surface area contributed by atoms with E-state index in [0.29, 0.717) is 28.6 Å². The van der Waals surface area contributed by atoms with Crippen LogP contribution in [0.5, 0.6) is 28.7 Å². The predicted molar refractivity (Wildman–Crippen MR) is 132 cm³/mol. The molecule has 0 fully saturated rings. The first-order chi connectivity index (χ1) is 16.8. The van der Waals surface area contributed by atoms with Gasteiger partial charge < -0.3 is 34.3 Å². The molecular weight excluding hydrogens is 472 g/mol. The van der Waals surface area contributed by atoms with Crippen LogP contribution in [0.1, 0.15) is 42.9 Å². The van der Waals surface area contributed by atoms with Gasteiger partial charge in [-0.25, -0.2) is 4.79 Å². The molecule has 0 bridgehead atoms. The molecule has 1 aliphatic rings. The van der Waals surface area contributed by atoms with Crippen molar-refractivity contribution in [3.8, 4) is 28.7 Å². The van der Waals surface area contributed by atoms with Crippen molar-refractivity contribution in [2.75, 3.05) is 33.8 Å². The van der Waals surface area contributed by atoms with E-state index in [1.54, 1.807) is 29.5 Å². The van der Waals surface area contributed by atoms with Gasteiger partial charge in [-0.3, -0.25) is 4.79 Å². The highest BCUT2D eigenvalue weighted by Gasteiger charge is 2.29. The average molecular weight is 499 g/mol. The maximum absolute atomic E-state index is 12.9. The first-order valence-corrected chi connectivity index (χ1v) is 11.5. The van der Waals surface area contributed by atoms with Gasteiger partial charge in [0.05, 0.1) is 39.6 Å². The third-order valence-electron chi connectivity index (χ3n) is 5.79. The van der Waals surface area contributed by atoms with Crippen LogP contribution in [0, 0.1) is 13.8 Å². The van der Waals surface area contributed by atoms with Gasteiger partial charge in [0.25, 0.3) is 5.91 Å². The predicted octanol–water partition coefficient (Wildman–Crippen LogP) is 4.47. The molecule has 1 amide bonds. The monoisotopic (exact) mass is 498 g/mol. The molecule has 184 valence electrons. The Hall–Kier alpha value is -3.92. The maximum atomic E-state index is 12.9. The number of ether oxygens (including phenoxy) is 5. The summed E-state index contributed by atoms with van der Waals surface area (Å²) in [5.41, 5.74) is 2.60. The van der Waals surface area contributed by atoms with E-state index in [0.717, 1.165) is 21.0 Å². The van der Waals surface area contributed by atoms with Gasteiger partial charge in [0, 0.05) is 4.88 Å². The SMILES string of the molecule is COc1cc([C@@H]2NC(=O)c3c(sc(C)c3C)N2)ccc1OC(=O)c1cc(OC)c(OC)c(OC)c1. The topological polar surface area (TPSA) is 104 Å². The number of methoxy groups -OCH3 is 4. The number of benzene rings is 2. The number of nitrogens with one attached hydrogen (secondary N) is 2. The van der Waals surface area contributed by atoms with Crippen LogP contribution in [0.25, 0.3) is 0 Å². The van der Waals surface area contributed by atoms with E-state index < -0.39 is 12.1 Å². The second kappa shape index (κ2) is 9.75. The summed E-state index contributed by atoms with van der Waals surface area (Å²) in [5.74, 6) is 0.826. The Morgan fingerprint density at radius 1 is 0.857 bits per heavy atom. The number of hydrogen-bond donors (Lipinski definition) is 2. The molecule has 2 heterocycles. The number of carbonyl (C=O) groups excluding carboxylic acids is 2. The van der Waals surface area contributed by atoms with E-state index in [-0.39, 0.29) is 17.2 Å². The van der Waals surface area contributed by atoms with Crippen LogP contribution in [0.4, 0.5) is 5.00 Å². The van der Waals surface area contributed by atoms with E-state index in [1.165, 1.54) is 40.6 Å². The Morgan fingerprint density at radius 2 is 1.51 bits per heavy atom. The van der Waals surface area contributed by atoms with Crippen molar-refractivity contribution < 1.29 is 33.3 Å².